The summed E-state index contributed by atoms with van der Waals surface area (Å²) in [6.07, 6.45) is 4.20. The predicted molar refractivity (Wildman–Crippen MR) is 99.8 cm³/mol. The number of rotatable bonds is 6. The zero-order valence-electron chi connectivity index (χ0n) is 14.7. The normalized spacial score (nSPS) is 21.9. The van der Waals surface area contributed by atoms with Crippen molar-refractivity contribution < 1.29 is 22.9 Å². The van der Waals surface area contributed by atoms with Gasteiger partial charge in [0.05, 0.1) is 21.5 Å². The highest BCUT2D eigenvalue weighted by Crippen LogP contribution is 2.31. The molecular weight excluding hydrogens is 396 g/mol. The molecule has 1 aromatic rings. The second kappa shape index (κ2) is 8.02. The van der Waals surface area contributed by atoms with Gasteiger partial charge in [-0.25, -0.2) is 8.42 Å². The number of sulfone groups is 1. The van der Waals surface area contributed by atoms with Crippen molar-refractivity contribution >= 4 is 33.0 Å². The number of ether oxygens (including phenoxy) is 1. The van der Waals surface area contributed by atoms with E-state index in [-0.39, 0.29) is 52.6 Å². The van der Waals surface area contributed by atoms with Crippen LogP contribution in [0.15, 0.2) is 18.2 Å². The van der Waals surface area contributed by atoms with Gasteiger partial charge in [0.25, 0.3) is 11.6 Å². The van der Waals surface area contributed by atoms with Crippen molar-refractivity contribution in [1.29, 1.82) is 0 Å². The first-order valence-electron chi connectivity index (χ1n) is 8.85. The molecule has 0 N–H and O–H groups in total. The highest BCUT2D eigenvalue weighted by Gasteiger charge is 2.39. The first kappa shape index (κ1) is 19.9. The average Bonchev–Trinajstić information content (AvgIpc) is 3.24. The molecule has 27 heavy (non-hydrogen) atoms. The summed E-state index contributed by atoms with van der Waals surface area (Å²) in [7, 11) is -3.11. The maximum Gasteiger partial charge on any atom is 0.271 e. The number of nitro benzene ring substituents is 1. The smallest absolute Gasteiger partial charge is 0.271 e. The minimum absolute atomic E-state index is 0.00642. The first-order chi connectivity index (χ1) is 12.8. The van der Waals surface area contributed by atoms with E-state index in [1.54, 1.807) is 4.90 Å². The predicted octanol–water partition coefficient (Wildman–Crippen LogP) is 2.59. The lowest BCUT2D eigenvalue weighted by molar-refractivity contribution is -0.384. The third-order valence-electron chi connectivity index (χ3n) is 5.09. The number of non-ortho nitro benzene ring substituents is 1. The van der Waals surface area contributed by atoms with Crippen LogP contribution in [0.4, 0.5) is 5.69 Å². The van der Waals surface area contributed by atoms with Crippen molar-refractivity contribution in [3.8, 4) is 5.75 Å². The first-order valence-corrected chi connectivity index (χ1v) is 11.0. The van der Waals surface area contributed by atoms with Crippen molar-refractivity contribution in [3.63, 3.8) is 0 Å². The van der Waals surface area contributed by atoms with Crippen LogP contribution in [0.5, 0.6) is 5.75 Å². The SMILES string of the molecule is O=C(COc1ccc([N+](=O)[O-])cc1Cl)N(C1CCCC1)[C@@H]1CCS(=O)(=O)C1. The quantitative estimate of drug-likeness (QED) is 0.521. The third-order valence-corrected chi connectivity index (χ3v) is 7.13. The highest BCUT2D eigenvalue weighted by molar-refractivity contribution is 7.91. The average molecular weight is 417 g/mol. The second-order valence-corrected chi connectivity index (χ2v) is 9.59. The van der Waals surface area contributed by atoms with Crippen molar-refractivity contribution in [2.45, 2.75) is 44.2 Å². The lowest BCUT2D eigenvalue weighted by atomic mass is 10.1. The topological polar surface area (TPSA) is 107 Å². The van der Waals surface area contributed by atoms with Gasteiger partial charge in [-0.3, -0.25) is 14.9 Å². The summed E-state index contributed by atoms with van der Waals surface area (Å²) in [5.41, 5.74) is -0.164. The number of carbonyl (C=O) groups is 1. The number of benzene rings is 1. The lowest BCUT2D eigenvalue weighted by Gasteiger charge is -2.34. The standard InChI is InChI=1S/C17H21ClN2O6S/c18-15-9-13(20(22)23)5-6-16(15)26-10-17(21)19(12-3-1-2-4-12)14-7-8-27(24,25)11-14/h5-6,9,12,14H,1-4,7-8,10-11H2/t14-/m1/s1. The van der Waals surface area contributed by atoms with Gasteiger partial charge >= 0.3 is 0 Å². The molecule has 10 heteroatoms. The van der Waals surface area contributed by atoms with Gasteiger partial charge in [-0.2, -0.15) is 0 Å². The summed E-state index contributed by atoms with van der Waals surface area (Å²) in [5.74, 6) is -0.00375. The Morgan fingerprint density at radius 3 is 2.52 bits per heavy atom. The number of nitrogens with zero attached hydrogens (tertiary/aromatic N) is 2. The van der Waals surface area contributed by atoms with Gasteiger partial charge in [-0.15, -0.1) is 0 Å². The van der Waals surface area contributed by atoms with Gasteiger partial charge in [0, 0.05) is 24.2 Å². The zero-order chi connectivity index (χ0) is 19.6. The molecule has 0 radical (unpaired) electrons. The Balaban J connectivity index is 1.70. The number of halogens is 1. The van der Waals surface area contributed by atoms with Crippen LogP contribution in [-0.4, -0.2) is 54.3 Å². The lowest BCUT2D eigenvalue weighted by Crippen LogP contribution is -2.48. The summed E-state index contributed by atoms with van der Waals surface area (Å²) < 4.78 is 29.2. The molecule has 3 rings (SSSR count). The molecule has 0 bridgehead atoms. The molecule has 2 aliphatic rings. The Hall–Kier alpha value is -1.87. The highest BCUT2D eigenvalue weighted by atomic mass is 35.5. The number of amides is 1. The van der Waals surface area contributed by atoms with E-state index in [0.29, 0.717) is 6.42 Å². The molecule has 1 aliphatic heterocycles. The van der Waals surface area contributed by atoms with Gasteiger partial charge in [0.2, 0.25) is 0 Å². The molecule has 0 unspecified atom stereocenters. The maximum absolute atomic E-state index is 12.8. The van der Waals surface area contributed by atoms with E-state index in [9.17, 15) is 23.3 Å². The van der Waals surface area contributed by atoms with Crippen LogP contribution in [0, 0.1) is 10.1 Å². The Labute approximate surface area is 162 Å². The monoisotopic (exact) mass is 416 g/mol. The van der Waals surface area contributed by atoms with Crippen molar-refractivity contribution in [2.75, 3.05) is 18.1 Å². The number of hydrogen-bond acceptors (Lipinski definition) is 6. The van der Waals surface area contributed by atoms with Crippen molar-refractivity contribution in [1.82, 2.24) is 4.90 Å². The van der Waals surface area contributed by atoms with Crippen LogP contribution in [0.25, 0.3) is 0 Å². The van der Waals surface area contributed by atoms with Crippen LogP contribution in [-0.2, 0) is 14.6 Å². The Bertz CT molecular complexity index is 838. The largest absolute Gasteiger partial charge is 0.482 e. The van der Waals surface area contributed by atoms with Crippen LogP contribution in [0.1, 0.15) is 32.1 Å². The van der Waals surface area contributed by atoms with E-state index in [2.05, 4.69) is 0 Å². The van der Waals surface area contributed by atoms with E-state index in [1.165, 1.54) is 18.2 Å². The summed E-state index contributed by atoms with van der Waals surface area (Å²) in [6, 6.07) is 3.49. The molecular formula is C17H21ClN2O6S. The zero-order valence-corrected chi connectivity index (χ0v) is 16.2. The Morgan fingerprint density at radius 1 is 1.26 bits per heavy atom. The molecule has 1 amide bonds. The van der Waals surface area contributed by atoms with E-state index in [1.807, 2.05) is 0 Å². The van der Waals surface area contributed by atoms with E-state index in [4.69, 9.17) is 16.3 Å². The van der Waals surface area contributed by atoms with Gasteiger partial charge in [0.15, 0.2) is 16.4 Å². The van der Waals surface area contributed by atoms with Crippen LogP contribution in [0.2, 0.25) is 5.02 Å². The van der Waals surface area contributed by atoms with Gasteiger partial charge in [-0.1, -0.05) is 24.4 Å². The van der Waals surface area contributed by atoms with Crippen LogP contribution < -0.4 is 4.74 Å². The van der Waals surface area contributed by atoms with E-state index in [0.717, 1.165) is 25.7 Å². The third kappa shape index (κ3) is 4.70. The molecule has 1 atom stereocenters. The minimum Gasteiger partial charge on any atom is -0.482 e. The van der Waals surface area contributed by atoms with Crippen molar-refractivity contribution in [3.05, 3.63) is 33.3 Å². The Morgan fingerprint density at radius 2 is 1.96 bits per heavy atom. The molecule has 1 aromatic carbocycles. The fourth-order valence-electron chi connectivity index (χ4n) is 3.82. The molecule has 0 aromatic heterocycles. The molecule has 0 spiro atoms. The second-order valence-electron chi connectivity index (χ2n) is 6.96. The minimum atomic E-state index is -3.11. The Kier molecular flexibility index (Phi) is 5.90. The van der Waals surface area contributed by atoms with E-state index >= 15 is 0 Å². The summed E-state index contributed by atoms with van der Waals surface area (Å²) in [5, 5.41) is 10.8. The molecule has 8 nitrogen and oxygen atoms in total. The van der Waals surface area contributed by atoms with Gasteiger partial charge in [0.1, 0.15) is 5.75 Å². The molecule has 148 valence electrons. The molecule has 1 saturated heterocycles. The number of nitro groups is 1. The van der Waals surface area contributed by atoms with E-state index < -0.39 is 14.8 Å². The van der Waals surface area contributed by atoms with Crippen molar-refractivity contribution in [2.24, 2.45) is 0 Å². The van der Waals surface area contributed by atoms with Crippen LogP contribution >= 0.6 is 11.6 Å². The van der Waals surface area contributed by atoms with Gasteiger partial charge < -0.3 is 9.64 Å². The fraction of sp³-hybridized carbons (Fsp3) is 0.588. The molecule has 1 aliphatic carbocycles. The summed E-state index contributed by atoms with van der Waals surface area (Å²) in [6.45, 7) is -0.287. The molecule has 1 heterocycles. The summed E-state index contributed by atoms with van der Waals surface area (Å²) in [4.78, 5) is 24.7. The van der Waals surface area contributed by atoms with Gasteiger partial charge in [-0.05, 0) is 25.3 Å². The number of hydrogen-bond donors (Lipinski definition) is 0. The van der Waals surface area contributed by atoms with Crippen LogP contribution in [0.3, 0.4) is 0 Å². The molecule has 1 saturated carbocycles. The fourth-order valence-corrected chi connectivity index (χ4v) is 5.76. The molecule has 2 fully saturated rings. The maximum atomic E-state index is 12.8. The summed E-state index contributed by atoms with van der Waals surface area (Å²) >= 11 is 5.99. The number of carbonyl (C=O) groups excluding carboxylic acids is 1.